The lowest BCUT2D eigenvalue weighted by Gasteiger charge is -2.28. The van der Waals surface area contributed by atoms with Crippen LogP contribution in [0.2, 0.25) is 0 Å². The maximum Gasteiger partial charge on any atom is 0.319 e. The summed E-state index contributed by atoms with van der Waals surface area (Å²) in [6, 6.07) is 7.00. The van der Waals surface area contributed by atoms with Crippen molar-refractivity contribution in [3.05, 3.63) is 52.2 Å². The van der Waals surface area contributed by atoms with Crippen molar-refractivity contribution in [2.24, 2.45) is 0 Å². The Balaban J connectivity index is 1.66. The van der Waals surface area contributed by atoms with E-state index in [9.17, 15) is 13.6 Å². The second kappa shape index (κ2) is 6.66. The predicted molar refractivity (Wildman–Crippen MR) is 87.8 cm³/mol. The van der Waals surface area contributed by atoms with E-state index in [-0.39, 0.29) is 5.41 Å². The number of hydrogen-bond donors (Lipinski definition) is 2. The molecule has 6 heteroatoms. The minimum absolute atomic E-state index is 0.0563. The number of halogens is 2. The molecule has 0 radical (unpaired) electrons. The largest absolute Gasteiger partial charge is 0.337 e. The summed E-state index contributed by atoms with van der Waals surface area (Å²) in [5.41, 5.74) is -0.471. The molecule has 1 aliphatic carbocycles. The van der Waals surface area contributed by atoms with Crippen LogP contribution in [0.4, 0.5) is 19.3 Å². The number of benzene rings is 1. The molecule has 1 saturated carbocycles. The first-order chi connectivity index (χ1) is 11.1. The highest BCUT2D eigenvalue weighted by Gasteiger charge is 2.36. The van der Waals surface area contributed by atoms with Crippen LogP contribution in [0, 0.1) is 11.6 Å². The van der Waals surface area contributed by atoms with E-state index < -0.39 is 23.4 Å². The summed E-state index contributed by atoms with van der Waals surface area (Å²) in [5.74, 6) is -1.57. The first-order valence-corrected chi connectivity index (χ1v) is 8.52. The number of para-hydroxylation sites is 1. The predicted octanol–water partition coefficient (Wildman–Crippen LogP) is 4.66. The molecule has 1 aromatic carbocycles. The molecule has 1 aromatic heterocycles. The minimum atomic E-state index is -0.783. The van der Waals surface area contributed by atoms with Crippen LogP contribution in [0.25, 0.3) is 0 Å². The standard InChI is InChI=1S/C17H18F2N2OS/c18-12-5-3-6-13(19)15(12)21-16(22)20-11-17(8-1-2-9-17)14-7-4-10-23-14/h3-7,10H,1-2,8-9,11H2,(H2,20,21,22). The monoisotopic (exact) mass is 336 g/mol. The van der Waals surface area contributed by atoms with Gasteiger partial charge in [-0.3, -0.25) is 0 Å². The third kappa shape index (κ3) is 3.37. The molecule has 2 aromatic rings. The average Bonchev–Trinajstić information content (AvgIpc) is 3.20. The molecule has 0 unspecified atom stereocenters. The number of rotatable bonds is 4. The van der Waals surface area contributed by atoms with Crippen LogP contribution in [0.1, 0.15) is 30.6 Å². The van der Waals surface area contributed by atoms with Gasteiger partial charge in [0.2, 0.25) is 0 Å². The summed E-state index contributed by atoms with van der Waals surface area (Å²) in [7, 11) is 0. The molecular formula is C17H18F2N2OS. The van der Waals surface area contributed by atoms with E-state index in [1.807, 2.05) is 11.4 Å². The summed E-state index contributed by atoms with van der Waals surface area (Å²) < 4.78 is 27.1. The summed E-state index contributed by atoms with van der Waals surface area (Å²) in [4.78, 5) is 13.3. The Morgan fingerprint density at radius 2 is 1.83 bits per heavy atom. The van der Waals surface area contributed by atoms with Gasteiger partial charge in [-0.25, -0.2) is 13.6 Å². The zero-order chi connectivity index (χ0) is 16.3. The molecule has 1 aliphatic rings. The van der Waals surface area contributed by atoms with Gasteiger partial charge >= 0.3 is 6.03 Å². The van der Waals surface area contributed by atoms with Gasteiger partial charge in [-0.1, -0.05) is 25.0 Å². The Hall–Kier alpha value is -1.95. The smallest absolute Gasteiger partial charge is 0.319 e. The molecule has 3 rings (SSSR count). The van der Waals surface area contributed by atoms with Crippen molar-refractivity contribution in [1.29, 1.82) is 0 Å². The van der Waals surface area contributed by atoms with Gasteiger partial charge in [-0.05, 0) is 36.4 Å². The van der Waals surface area contributed by atoms with Crippen molar-refractivity contribution in [2.45, 2.75) is 31.1 Å². The molecule has 0 bridgehead atoms. The Bertz CT molecular complexity index is 662. The minimum Gasteiger partial charge on any atom is -0.337 e. The molecule has 1 heterocycles. The summed E-state index contributed by atoms with van der Waals surface area (Å²) in [5, 5.41) is 7.08. The van der Waals surface area contributed by atoms with Crippen LogP contribution in [-0.2, 0) is 5.41 Å². The highest BCUT2D eigenvalue weighted by Crippen LogP contribution is 2.42. The third-order valence-electron chi connectivity index (χ3n) is 4.39. The lowest BCUT2D eigenvalue weighted by molar-refractivity contribution is 0.248. The highest BCUT2D eigenvalue weighted by atomic mass is 32.1. The van der Waals surface area contributed by atoms with Gasteiger partial charge in [-0.2, -0.15) is 0 Å². The fourth-order valence-electron chi connectivity index (χ4n) is 3.17. The van der Waals surface area contributed by atoms with Crippen LogP contribution in [0.3, 0.4) is 0 Å². The second-order valence-corrected chi connectivity index (χ2v) is 6.82. The molecule has 3 nitrogen and oxygen atoms in total. The summed E-state index contributed by atoms with van der Waals surface area (Å²) >= 11 is 1.69. The van der Waals surface area contributed by atoms with Gasteiger partial charge in [0.25, 0.3) is 0 Å². The number of carbonyl (C=O) groups excluding carboxylic acids is 1. The van der Waals surface area contributed by atoms with Gasteiger partial charge < -0.3 is 10.6 Å². The fraction of sp³-hybridized carbons (Fsp3) is 0.353. The van der Waals surface area contributed by atoms with Crippen molar-refractivity contribution in [3.63, 3.8) is 0 Å². The molecule has 0 aliphatic heterocycles. The Kier molecular flexibility index (Phi) is 4.61. The van der Waals surface area contributed by atoms with Crippen LogP contribution in [0.5, 0.6) is 0 Å². The maximum atomic E-state index is 13.6. The molecule has 122 valence electrons. The number of carbonyl (C=O) groups is 1. The number of urea groups is 1. The van der Waals surface area contributed by atoms with E-state index >= 15 is 0 Å². The molecule has 0 atom stereocenters. The first kappa shape index (κ1) is 15.9. The van der Waals surface area contributed by atoms with Gasteiger partial charge in [0, 0.05) is 16.8 Å². The van der Waals surface area contributed by atoms with E-state index in [1.54, 1.807) is 11.3 Å². The van der Waals surface area contributed by atoms with Crippen molar-refractivity contribution in [1.82, 2.24) is 5.32 Å². The van der Waals surface area contributed by atoms with Crippen LogP contribution < -0.4 is 10.6 Å². The van der Waals surface area contributed by atoms with Crippen LogP contribution >= 0.6 is 11.3 Å². The van der Waals surface area contributed by atoms with Gasteiger partial charge in [0.15, 0.2) is 0 Å². The van der Waals surface area contributed by atoms with E-state index in [2.05, 4.69) is 16.7 Å². The number of amides is 2. The lowest BCUT2D eigenvalue weighted by atomic mass is 9.84. The van der Waals surface area contributed by atoms with Gasteiger partial charge in [0.05, 0.1) is 0 Å². The van der Waals surface area contributed by atoms with Crippen molar-refractivity contribution in [3.8, 4) is 0 Å². The van der Waals surface area contributed by atoms with E-state index in [0.29, 0.717) is 6.54 Å². The highest BCUT2D eigenvalue weighted by molar-refractivity contribution is 7.10. The van der Waals surface area contributed by atoms with E-state index in [1.165, 1.54) is 10.9 Å². The topological polar surface area (TPSA) is 41.1 Å². The third-order valence-corrected chi connectivity index (χ3v) is 5.51. The quantitative estimate of drug-likeness (QED) is 0.838. The Morgan fingerprint density at radius 3 is 2.43 bits per heavy atom. The van der Waals surface area contributed by atoms with E-state index in [0.717, 1.165) is 37.8 Å². The van der Waals surface area contributed by atoms with E-state index in [4.69, 9.17) is 0 Å². The fourth-order valence-corrected chi connectivity index (χ4v) is 4.15. The first-order valence-electron chi connectivity index (χ1n) is 7.64. The van der Waals surface area contributed by atoms with Crippen molar-refractivity contribution in [2.75, 3.05) is 11.9 Å². The van der Waals surface area contributed by atoms with Gasteiger partial charge in [-0.15, -0.1) is 11.3 Å². The SMILES string of the molecule is O=C(NCC1(c2cccs2)CCCC1)Nc1c(F)cccc1F. The zero-order valence-electron chi connectivity index (χ0n) is 12.6. The molecule has 2 amide bonds. The number of anilines is 1. The second-order valence-electron chi connectivity index (χ2n) is 5.87. The van der Waals surface area contributed by atoms with Crippen LogP contribution in [0.15, 0.2) is 35.7 Å². The molecule has 0 spiro atoms. The molecule has 23 heavy (non-hydrogen) atoms. The zero-order valence-corrected chi connectivity index (χ0v) is 13.4. The Morgan fingerprint density at radius 1 is 1.13 bits per heavy atom. The number of nitrogens with one attached hydrogen (secondary N) is 2. The molecule has 2 N–H and O–H groups in total. The molecule has 1 fully saturated rings. The average molecular weight is 336 g/mol. The normalized spacial score (nSPS) is 16.3. The molecular weight excluding hydrogens is 318 g/mol. The van der Waals surface area contributed by atoms with Crippen LogP contribution in [-0.4, -0.2) is 12.6 Å². The number of thiophene rings is 1. The summed E-state index contributed by atoms with van der Waals surface area (Å²) in [6.45, 7) is 0.468. The Labute approximate surface area is 137 Å². The van der Waals surface area contributed by atoms with Gasteiger partial charge in [0.1, 0.15) is 17.3 Å². The molecule has 0 saturated heterocycles. The van der Waals surface area contributed by atoms with Crippen molar-refractivity contribution < 1.29 is 13.6 Å². The summed E-state index contributed by atoms with van der Waals surface area (Å²) in [6.07, 6.45) is 4.29. The van der Waals surface area contributed by atoms with Crippen molar-refractivity contribution >= 4 is 23.1 Å². The lowest BCUT2D eigenvalue weighted by Crippen LogP contribution is -2.40. The number of hydrogen-bond acceptors (Lipinski definition) is 2. The maximum absolute atomic E-state index is 13.6.